The van der Waals surface area contributed by atoms with Crippen LogP contribution in [0.3, 0.4) is 0 Å². The van der Waals surface area contributed by atoms with Crippen molar-refractivity contribution in [3.05, 3.63) is 41.6 Å². The molecule has 2 aromatic rings. The van der Waals surface area contributed by atoms with Crippen molar-refractivity contribution < 1.29 is 9.53 Å². The third-order valence-corrected chi connectivity index (χ3v) is 2.82. The van der Waals surface area contributed by atoms with Crippen molar-refractivity contribution >= 4 is 11.7 Å². The molecule has 6 heteroatoms. The molecular weight excluding hydrogens is 256 g/mol. The van der Waals surface area contributed by atoms with E-state index in [0.717, 1.165) is 11.3 Å². The molecule has 0 aliphatic rings. The second kappa shape index (κ2) is 6.21. The zero-order valence-corrected chi connectivity index (χ0v) is 11.6. The molecule has 1 heterocycles. The molecule has 0 saturated heterocycles. The molecule has 0 radical (unpaired) electrons. The zero-order valence-electron chi connectivity index (χ0n) is 11.6. The summed E-state index contributed by atoms with van der Waals surface area (Å²) in [5.74, 6) is 1.04. The number of benzene rings is 1. The lowest BCUT2D eigenvalue weighted by Gasteiger charge is -2.10. The third kappa shape index (κ3) is 3.36. The fraction of sp³-hybridized carbons (Fsp3) is 0.286. The van der Waals surface area contributed by atoms with Gasteiger partial charge < -0.3 is 15.8 Å². The number of aromatic nitrogens is 2. The molecule has 1 aromatic carbocycles. The average molecular weight is 274 g/mol. The number of hydrogen-bond donors (Lipinski definition) is 2. The van der Waals surface area contributed by atoms with Crippen LogP contribution >= 0.6 is 0 Å². The quantitative estimate of drug-likeness (QED) is 0.858. The molecule has 0 unspecified atom stereocenters. The number of para-hydroxylation sites is 1. The van der Waals surface area contributed by atoms with E-state index >= 15 is 0 Å². The van der Waals surface area contributed by atoms with Gasteiger partial charge in [-0.15, -0.1) is 0 Å². The van der Waals surface area contributed by atoms with Crippen molar-refractivity contribution in [3.8, 4) is 5.75 Å². The molecule has 0 bridgehead atoms. The third-order valence-electron chi connectivity index (χ3n) is 2.82. The van der Waals surface area contributed by atoms with Gasteiger partial charge in [-0.3, -0.25) is 9.48 Å². The smallest absolute Gasteiger partial charge is 0.263 e. The van der Waals surface area contributed by atoms with Gasteiger partial charge in [0.1, 0.15) is 11.6 Å². The Hall–Kier alpha value is -2.34. The number of aryl methyl sites for hydroxylation is 2. The van der Waals surface area contributed by atoms with Gasteiger partial charge in [-0.1, -0.05) is 18.2 Å². The highest BCUT2D eigenvalue weighted by atomic mass is 16.5. The summed E-state index contributed by atoms with van der Waals surface area (Å²) >= 11 is 0. The standard InChI is InChI=1S/C14H18N4O2/c1-10-7-13(18(2)17-10)16-14(19)9-20-12-6-4-3-5-11(12)8-15/h3-7H,8-9,15H2,1-2H3,(H,16,19). The number of amides is 1. The van der Waals surface area contributed by atoms with Crippen LogP contribution in [0.1, 0.15) is 11.3 Å². The summed E-state index contributed by atoms with van der Waals surface area (Å²) in [6, 6.07) is 9.19. The largest absolute Gasteiger partial charge is 0.483 e. The van der Waals surface area contributed by atoms with Gasteiger partial charge >= 0.3 is 0 Å². The van der Waals surface area contributed by atoms with Crippen LogP contribution in [0.4, 0.5) is 5.82 Å². The first kappa shape index (κ1) is 14.1. The summed E-state index contributed by atoms with van der Waals surface area (Å²) in [6.45, 7) is 2.17. The van der Waals surface area contributed by atoms with Crippen LogP contribution < -0.4 is 15.8 Å². The highest BCUT2D eigenvalue weighted by Gasteiger charge is 2.09. The lowest BCUT2D eigenvalue weighted by molar-refractivity contribution is -0.118. The SMILES string of the molecule is Cc1cc(NC(=O)COc2ccccc2CN)n(C)n1. The molecule has 0 aliphatic carbocycles. The van der Waals surface area contributed by atoms with Gasteiger partial charge in [-0.25, -0.2) is 0 Å². The van der Waals surface area contributed by atoms with Crippen molar-refractivity contribution in [1.29, 1.82) is 0 Å². The lowest BCUT2D eigenvalue weighted by atomic mass is 10.2. The Morgan fingerprint density at radius 3 is 2.85 bits per heavy atom. The number of carbonyl (C=O) groups is 1. The van der Waals surface area contributed by atoms with Gasteiger partial charge in [0.25, 0.3) is 5.91 Å². The minimum Gasteiger partial charge on any atom is -0.483 e. The van der Waals surface area contributed by atoms with Crippen molar-refractivity contribution in [3.63, 3.8) is 0 Å². The Labute approximate surface area is 117 Å². The van der Waals surface area contributed by atoms with E-state index < -0.39 is 0 Å². The molecule has 0 fully saturated rings. The van der Waals surface area contributed by atoms with E-state index in [0.29, 0.717) is 18.1 Å². The van der Waals surface area contributed by atoms with Crippen LogP contribution in [0.2, 0.25) is 0 Å². The number of anilines is 1. The molecular formula is C14H18N4O2. The molecule has 0 aliphatic heterocycles. The summed E-state index contributed by atoms with van der Waals surface area (Å²) < 4.78 is 7.10. The maximum Gasteiger partial charge on any atom is 0.263 e. The lowest BCUT2D eigenvalue weighted by Crippen LogP contribution is -2.22. The minimum absolute atomic E-state index is 0.0682. The zero-order chi connectivity index (χ0) is 14.5. The van der Waals surface area contributed by atoms with Gasteiger partial charge in [0.15, 0.2) is 6.61 Å². The molecule has 0 spiro atoms. The predicted octanol–water partition coefficient (Wildman–Crippen LogP) is 1.20. The van der Waals surface area contributed by atoms with Gasteiger partial charge in [-0.05, 0) is 13.0 Å². The Morgan fingerprint density at radius 2 is 2.20 bits per heavy atom. The molecule has 20 heavy (non-hydrogen) atoms. The summed E-state index contributed by atoms with van der Waals surface area (Å²) in [4.78, 5) is 11.8. The molecule has 0 saturated carbocycles. The Kier molecular flexibility index (Phi) is 4.37. The highest BCUT2D eigenvalue weighted by Crippen LogP contribution is 2.17. The topological polar surface area (TPSA) is 82.2 Å². The first-order chi connectivity index (χ1) is 9.60. The second-order valence-electron chi connectivity index (χ2n) is 4.44. The second-order valence-corrected chi connectivity index (χ2v) is 4.44. The maximum absolute atomic E-state index is 11.8. The van der Waals surface area contributed by atoms with Crippen LogP contribution in [-0.2, 0) is 18.4 Å². The van der Waals surface area contributed by atoms with Crippen molar-refractivity contribution in [2.75, 3.05) is 11.9 Å². The van der Waals surface area contributed by atoms with Gasteiger partial charge in [0.2, 0.25) is 0 Å². The summed E-state index contributed by atoms with van der Waals surface area (Å²) in [5, 5.41) is 6.90. The number of carbonyl (C=O) groups excluding carboxylic acids is 1. The fourth-order valence-electron chi connectivity index (χ4n) is 1.86. The Morgan fingerprint density at radius 1 is 1.45 bits per heavy atom. The van der Waals surface area contributed by atoms with E-state index in [1.165, 1.54) is 0 Å². The van der Waals surface area contributed by atoms with E-state index in [1.807, 2.05) is 25.1 Å². The van der Waals surface area contributed by atoms with Gasteiger partial charge in [0.05, 0.1) is 5.69 Å². The monoisotopic (exact) mass is 274 g/mol. The van der Waals surface area contributed by atoms with Crippen LogP contribution in [0.25, 0.3) is 0 Å². The maximum atomic E-state index is 11.8. The Balaban J connectivity index is 1.94. The molecule has 3 N–H and O–H groups in total. The number of nitrogens with one attached hydrogen (secondary N) is 1. The molecule has 0 atom stereocenters. The molecule has 2 rings (SSSR count). The van der Waals surface area contributed by atoms with Crippen LogP contribution in [0.15, 0.2) is 30.3 Å². The first-order valence-electron chi connectivity index (χ1n) is 6.31. The van der Waals surface area contributed by atoms with E-state index in [1.54, 1.807) is 23.9 Å². The first-order valence-corrected chi connectivity index (χ1v) is 6.31. The van der Waals surface area contributed by atoms with Crippen molar-refractivity contribution in [2.24, 2.45) is 12.8 Å². The van der Waals surface area contributed by atoms with E-state index in [4.69, 9.17) is 10.5 Å². The minimum atomic E-state index is -0.236. The van der Waals surface area contributed by atoms with Crippen LogP contribution in [0, 0.1) is 6.92 Å². The number of rotatable bonds is 5. The van der Waals surface area contributed by atoms with Crippen LogP contribution in [-0.4, -0.2) is 22.3 Å². The molecule has 1 aromatic heterocycles. The van der Waals surface area contributed by atoms with E-state index in [2.05, 4.69) is 10.4 Å². The predicted molar refractivity (Wildman–Crippen MR) is 76.4 cm³/mol. The van der Waals surface area contributed by atoms with Crippen LogP contribution in [0.5, 0.6) is 5.75 Å². The average Bonchev–Trinajstić information content (AvgIpc) is 2.75. The fourth-order valence-corrected chi connectivity index (χ4v) is 1.86. The normalized spacial score (nSPS) is 10.3. The summed E-state index contributed by atoms with van der Waals surface area (Å²) in [7, 11) is 1.77. The molecule has 6 nitrogen and oxygen atoms in total. The number of ether oxygens (including phenoxy) is 1. The van der Waals surface area contributed by atoms with Crippen molar-refractivity contribution in [1.82, 2.24) is 9.78 Å². The number of nitrogens with zero attached hydrogens (tertiary/aromatic N) is 2. The summed E-state index contributed by atoms with van der Waals surface area (Å²) in [6.07, 6.45) is 0. The van der Waals surface area contributed by atoms with Crippen molar-refractivity contribution in [2.45, 2.75) is 13.5 Å². The number of nitrogens with two attached hydrogens (primary N) is 1. The summed E-state index contributed by atoms with van der Waals surface area (Å²) in [5.41, 5.74) is 7.33. The Bertz CT molecular complexity index is 607. The van der Waals surface area contributed by atoms with E-state index in [9.17, 15) is 4.79 Å². The van der Waals surface area contributed by atoms with E-state index in [-0.39, 0.29) is 12.5 Å². The van der Waals surface area contributed by atoms with Gasteiger partial charge in [0, 0.05) is 25.2 Å². The number of hydrogen-bond acceptors (Lipinski definition) is 4. The highest BCUT2D eigenvalue weighted by molar-refractivity contribution is 5.91. The molecule has 106 valence electrons. The van der Waals surface area contributed by atoms with Gasteiger partial charge in [-0.2, -0.15) is 5.10 Å². The molecule has 1 amide bonds.